The summed E-state index contributed by atoms with van der Waals surface area (Å²) in [6.07, 6.45) is 0.986. The summed E-state index contributed by atoms with van der Waals surface area (Å²) >= 11 is 5.83. The Morgan fingerprint density at radius 3 is 2.76 bits per heavy atom. The molecule has 5 nitrogen and oxygen atoms in total. The lowest BCUT2D eigenvalue weighted by atomic mass is 10.1. The Hall–Kier alpha value is -2.47. The van der Waals surface area contributed by atoms with E-state index in [-0.39, 0.29) is 28.4 Å². The van der Waals surface area contributed by atoms with E-state index >= 15 is 0 Å². The lowest BCUT2D eigenvalue weighted by Crippen LogP contribution is -2.16. The molecule has 1 aromatic carbocycles. The molecule has 21 heavy (non-hydrogen) atoms. The minimum absolute atomic E-state index is 0.00998. The maximum absolute atomic E-state index is 13.6. The molecule has 2 N–H and O–H groups in total. The number of hydrogen-bond donors (Lipinski definition) is 2. The number of carboxylic acids is 1. The van der Waals surface area contributed by atoms with Gasteiger partial charge in [-0.05, 0) is 24.3 Å². The Labute approximate surface area is 124 Å². The zero-order valence-electron chi connectivity index (χ0n) is 10.6. The molecule has 0 aliphatic carbocycles. The number of anilines is 1. The quantitative estimate of drug-likeness (QED) is 0.910. The minimum Gasteiger partial charge on any atom is -0.478 e. The van der Waals surface area contributed by atoms with Crippen molar-refractivity contribution < 1.29 is 19.1 Å². The van der Waals surface area contributed by atoms with Crippen LogP contribution in [-0.4, -0.2) is 22.0 Å². The van der Waals surface area contributed by atoms with Crippen LogP contribution < -0.4 is 5.32 Å². The third-order valence-corrected chi connectivity index (χ3v) is 3.03. The zero-order valence-corrected chi connectivity index (χ0v) is 11.4. The van der Waals surface area contributed by atoms with Crippen molar-refractivity contribution in [1.82, 2.24) is 4.98 Å². The van der Waals surface area contributed by atoms with Crippen LogP contribution in [0.1, 0.15) is 15.9 Å². The van der Waals surface area contributed by atoms with E-state index in [1.807, 2.05) is 0 Å². The second-order valence-electron chi connectivity index (χ2n) is 4.16. The highest BCUT2D eigenvalue weighted by atomic mass is 35.5. The summed E-state index contributed by atoms with van der Waals surface area (Å²) in [4.78, 5) is 26.5. The Bertz CT molecular complexity index is 686. The van der Waals surface area contributed by atoms with E-state index in [0.717, 1.165) is 0 Å². The van der Waals surface area contributed by atoms with Crippen molar-refractivity contribution in [2.45, 2.75) is 6.42 Å². The summed E-state index contributed by atoms with van der Waals surface area (Å²) in [7, 11) is 0. The van der Waals surface area contributed by atoms with Gasteiger partial charge in [0.1, 0.15) is 11.6 Å². The second-order valence-corrected chi connectivity index (χ2v) is 4.57. The number of halogens is 2. The normalized spacial score (nSPS) is 10.2. The fourth-order valence-corrected chi connectivity index (χ4v) is 1.91. The molecule has 1 heterocycles. The van der Waals surface area contributed by atoms with Crippen molar-refractivity contribution >= 4 is 29.3 Å². The van der Waals surface area contributed by atoms with Crippen molar-refractivity contribution in [3.63, 3.8) is 0 Å². The standard InChI is InChI=1S/C14H10ClFN2O3/c15-10-2-1-3-11(16)9(10)7-13(19)18-12-6-8(14(20)21)4-5-17-12/h1-6H,7H2,(H,20,21)(H,17,18,19). The smallest absolute Gasteiger partial charge is 0.335 e. The first-order valence-corrected chi connectivity index (χ1v) is 6.27. The SMILES string of the molecule is O=C(Cc1c(F)cccc1Cl)Nc1cc(C(=O)O)ccn1. The number of amides is 1. The second kappa shape index (κ2) is 6.32. The Balaban J connectivity index is 2.12. The molecule has 0 spiro atoms. The van der Waals surface area contributed by atoms with Crippen LogP contribution >= 0.6 is 11.6 Å². The molecule has 0 atom stereocenters. The van der Waals surface area contributed by atoms with Crippen LogP contribution in [0, 0.1) is 5.82 Å². The van der Waals surface area contributed by atoms with E-state index in [9.17, 15) is 14.0 Å². The summed E-state index contributed by atoms with van der Waals surface area (Å²) in [6.45, 7) is 0. The van der Waals surface area contributed by atoms with Gasteiger partial charge in [0.2, 0.25) is 5.91 Å². The molecule has 0 aliphatic heterocycles. The largest absolute Gasteiger partial charge is 0.478 e. The topological polar surface area (TPSA) is 79.3 Å². The average molecular weight is 309 g/mol. The van der Waals surface area contributed by atoms with Gasteiger partial charge >= 0.3 is 5.97 Å². The van der Waals surface area contributed by atoms with Crippen LogP contribution in [-0.2, 0) is 11.2 Å². The van der Waals surface area contributed by atoms with Gasteiger partial charge in [-0.1, -0.05) is 17.7 Å². The number of nitrogens with one attached hydrogen (secondary N) is 1. The number of carbonyl (C=O) groups is 2. The van der Waals surface area contributed by atoms with Gasteiger partial charge in [-0.25, -0.2) is 14.2 Å². The zero-order chi connectivity index (χ0) is 15.4. The highest BCUT2D eigenvalue weighted by Gasteiger charge is 2.13. The van der Waals surface area contributed by atoms with Crippen molar-refractivity contribution in [2.24, 2.45) is 0 Å². The maximum atomic E-state index is 13.6. The Morgan fingerprint density at radius 2 is 2.10 bits per heavy atom. The molecule has 0 bridgehead atoms. The molecule has 108 valence electrons. The molecule has 1 amide bonds. The molecule has 0 unspecified atom stereocenters. The van der Waals surface area contributed by atoms with Crippen LogP contribution in [0.15, 0.2) is 36.5 Å². The molecule has 2 rings (SSSR count). The molecular formula is C14H10ClFN2O3. The van der Waals surface area contributed by atoms with Crippen LogP contribution in [0.3, 0.4) is 0 Å². The monoisotopic (exact) mass is 308 g/mol. The first-order chi connectivity index (χ1) is 9.97. The number of pyridine rings is 1. The van der Waals surface area contributed by atoms with Gasteiger partial charge in [-0.3, -0.25) is 4.79 Å². The lowest BCUT2D eigenvalue weighted by molar-refractivity contribution is -0.115. The van der Waals surface area contributed by atoms with E-state index in [1.54, 1.807) is 0 Å². The van der Waals surface area contributed by atoms with E-state index in [4.69, 9.17) is 16.7 Å². The maximum Gasteiger partial charge on any atom is 0.335 e. The molecule has 0 fully saturated rings. The van der Waals surface area contributed by atoms with Crippen molar-refractivity contribution in [2.75, 3.05) is 5.32 Å². The molecule has 0 saturated carbocycles. The number of carboxylic acid groups (broad SMARTS) is 1. The van der Waals surface area contributed by atoms with Crippen LogP contribution in [0.2, 0.25) is 5.02 Å². The number of carbonyl (C=O) groups excluding carboxylic acids is 1. The van der Waals surface area contributed by atoms with Gasteiger partial charge in [-0.2, -0.15) is 0 Å². The lowest BCUT2D eigenvalue weighted by Gasteiger charge is -2.07. The number of hydrogen-bond acceptors (Lipinski definition) is 3. The third kappa shape index (κ3) is 3.76. The molecular weight excluding hydrogens is 299 g/mol. The molecule has 2 aromatic rings. The summed E-state index contributed by atoms with van der Waals surface area (Å²) in [6, 6.07) is 6.64. The van der Waals surface area contributed by atoms with E-state index in [0.29, 0.717) is 0 Å². The number of aromatic nitrogens is 1. The number of benzene rings is 1. The number of nitrogens with zero attached hydrogens (tertiary/aromatic N) is 1. The van der Waals surface area contributed by atoms with Crippen LogP contribution in [0.25, 0.3) is 0 Å². The average Bonchev–Trinajstić information content (AvgIpc) is 2.43. The van der Waals surface area contributed by atoms with Gasteiger partial charge in [0.15, 0.2) is 0 Å². The van der Waals surface area contributed by atoms with E-state index in [2.05, 4.69) is 10.3 Å². The fourth-order valence-electron chi connectivity index (χ4n) is 1.68. The molecule has 7 heteroatoms. The van der Waals surface area contributed by atoms with Crippen molar-refractivity contribution in [3.05, 3.63) is 58.5 Å². The summed E-state index contributed by atoms with van der Waals surface area (Å²) in [5.74, 6) is -2.18. The number of rotatable bonds is 4. The Kier molecular flexibility index (Phi) is 4.49. The van der Waals surface area contributed by atoms with Gasteiger partial charge in [-0.15, -0.1) is 0 Å². The molecule has 0 radical (unpaired) electrons. The van der Waals surface area contributed by atoms with Crippen molar-refractivity contribution in [1.29, 1.82) is 0 Å². The highest BCUT2D eigenvalue weighted by molar-refractivity contribution is 6.31. The van der Waals surface area contributed by atoms with Crippen LogP contribution in [0.4, 0.5) is 10.2 Å². The predicted molar refractivity (Wildman–Crippen MR) is 74.9 cm³/mol. The van der Waals surface area contributed by atoms with E-state index in [1.165, 1.54) is 36.5 Å². The fraction of sp³-hybridized carbons (Fsp3) is 0.0714. The Morgan fingerprint density at radius 1 is 1.33 bits per heavy atom. The van der Waals surface area contributed by atoms with Crippen molar-refractivity contribution in [3.8, 4) is 0 Å². The molecule has 1 aromatic heterocycles. The summed E-state index contributed by atoms with van der Waals surface area (Å²) < 4.78 is 13.6. The summed E-state index contributed by atoms with van der Waals surface area (Å²) in [5.41, 5.74) is 0.0651. The van der Waals surface area contributed by atoms with Gasteiger partial charge < -0.3 is 10.4 Å². The van der Waals surface area contributed by atoms with Gasteiger partial charge in [0, 0.05) is 16.8 Å². The first-order valence-electron chi connectivity index (χ1n) is 5.89. The van der Waals surface area contributed by atoms with Crippen LogP contribution in [0.5, 0.6) is 0 Å². The minimum atomic E-state index is -1.13. The first kappa shape index (κ1) is 14.9. The predicted octanol–water partition coefficient (Wildman–Crippen LogP) is 2.75. The third-order valence-electron chi connectivity index (χ3n) is 2.67. The number of aromatic carboxylic acids is 1. The molecule has 0 aliphatic rings. The highest BCUT2D eigenvalue weighted by Crippen LogP contribution is 2.20. The van der Waals surface area contributed by atoms with Gasteiger partial charge in [0.25, 0.3) is 0 Å². The molecule has 0 saturated heterocycles. The van der Waals surface area contributed by atoms with Gasteiger partial charge in [0.05, 0.1) is 12.0 Å². The van der Waals surface area contributed by atoms with E-state index < -0.39 is 17.7 Å². The summed E-state index contributed by atoms with van der Waals surface area (Å²) in [5, 5.41) is 11.4.